The average molecular weight is 637 g/mol. The summed E-state index contributed by atoms with van der Waals surface area (Å²) in [6.45, 7) is 0. The van der Waals surface area contributed by atoms with E-state index in [0.29, 0.717) is 0 Å². The van der Waals surface area contributed by atoms with Crippen molar-refractivity contribution >= 4 is 54.4 Å². The van der Waals surface area contributed by atoms with Gasteiger partial charge < -0.3 is 0 Å². The third-order valence-electron chi connectivity index (χ3n) is 9.65. The molecule has 6 aromatic carbocycles. The summed E-state index contributed by atoms with van der Waals surface area (Å²) in [5.74, 6) is 0. The number of pyridine rings is 4. The number of fused-ring (bicyclic) bond motifs is 8. The Bertz CT molecular complexity index is 2930. The summed E-state index contributed by atoms with van der Waals surface area (Å²) in [5, 5.41) is 6.58. The van der Waals surface area contributed by atoms with Crippen LogP contribution in [0.2, 0.25) is 0 Å². The van der Waals surface area contributed by atoms with Crippen LogP contribution in [0.4, 0.5) is 0 Å². The molecule has 0 amide bonds. The van der Waals surface area contributed by atoms with E-state index in [-0.39, 0.29) is 0 Å². The molecule has 0 saturated heterocycles. The predicted octanol–water partition coefficient (Wildman–Crippen LogP) is 11.7. The molecule has 232 valence electrons. The van der Waals surface area contributed by atoms with Crippen LogP contribution in [0.15, 0.2) is 170 Å². The fraction of sp³-hybridized carbons (Fsp3) is 0. The van der Waals surface area contributed by atoms with Gasteiger partial charge in [-0.05, 0) is 52.9 Å². The summed E-state index contributed by atoms with van der Waals surface area (Å²) in [6.07, 6.45) is 1.83. The maximum Gasteiger partial charge on any atom is 0.0972 e. The van der Waals surface area contributed by atoms with Crippen molar-refractivity contribution < 1.29 is 0 Å². The number of hydrogen-bond donors (Lipinski definition) is 0. The molecule has 0 saturated carbocycles. The first-order valence-electron chi connectivity index (χ1n) is 16.8. The van der Waals surface area contributed by atoms with Crippen molar-refractivity contribution in [3.63, 3.8) is 0 Å². The Morgan fingerprint density at radius 1 is 0.340 bits per heavy atom. The van der Waals surface area contributed by atoms with Gasteiger partial charge in [-0.15, -0.1) is 0 Å². The monoisotopic (exact) mass is 636 g/mol. The van der Waals surface area contributed by atoms with E-state index in [1.807, 2.05) is 18.3 Å². The van der Waals surface area contributed by atoms with Crippen LogP contribution in [0, 0.1) is 0 Å². The highest BCUT2D eigenvalue weighted by atomic mass is 14.8. The minimum Gasteiger partial charge on any atom is -0.254 e. The zero-order valence-electron chi connectivity index (χ0n) is 27.0. The highest BCUT2D eigenvalue weighted by Gasteiger charge is 2.16. The summed E-state index contributed by atoms with van der Waals surface area (Å²) in [7, 11) is 0. The number of aromatic nitrogens is 4. The molecular weight excluding hydrogens is 609 g/mol. The van der Waals surface area contributed by atoms with Gasteiger partial charge >= 0.3 is 0 Å². The van der Waals surface area contributed by atoms with E-state index in [1.54, 1.807) is 0 Å². The molecule has 10 rings (SSSR count). The zero-order valence-corrected chi connectivity index (χ0v) is 27.0. The SMILES string of the molecule is c1ccc(-c2ccc3ccc4c5ccccc5nc(-c5cccc(-c6cccc(-c7ccc8ccc9cccnc9c8n7)c6)c5)c4c3n2)cc1. The Kier molecular flexibility index (Phi) is 6.46. The van der Waals surface area contributed by atoms with Gasteiger partial charge in [-0.2, -0.15) is 0 Å². The molecule has 0 radical (unpaired) electrons. The Morgan fingerprint density at radius 3 is 1.78 bits per heavy atom. The van der Waals surface area contributed by atoms with Gasteiger partial charge in [0.25, 0.3) is 0 Å². The van der Waals surface area contributed by atoms with Crippen molar-refractivity contribution in [3.05, 3.63) is 170 Å². The lowest BCUT2D eigenvalue weighted by atomic mass is 9.94. The first-order chi connectivity index (χ1) is 24.8. The van der Waals surface area contributed by atoms with Gasteiger partial charge in [0.1, 0.15) is 0 Å². The van der Waals surface area contributed by atoms with Crippen molar-refractivity contribution in [2.45, 2.75) is 0 Å². The topological polar surface area (TPSA) is 51.6 Å². The highest BCUT2D eigenvalue weighted by molar-refractivity contribution is 6.20. The van der Waals surface area contributed by atoms with Gasteiger partial charge in [0.2, 0.25) is 0 Å². The maximum absolute atomic E-state index is 5.32. The van der Waals surface area contributed by atoms with Gasteiger partial charge in [-0.3, -0.25) is 4.98 Å². The minimum absolute atomic E-state index is 0.915. The lowest BCUT2D eigenvalue weighted by molar-refractivity contribution is 1.37. The summed E-state index contributed by atoms with van der Waals surface area (Å²) in [5.41, 5.74) is 12.0. The van der Waals surface area contributed by atoms with Crippen LogP contribution in [0.1, 0.15) is 0 Å². The maximum atomic E-state index is 5.32. The largest absolute Gasteiger partial charge is 0.254 e. The average Bonchev–Trinajstić information content (AvgIpc) is 3.20. The van der Waals surface area contributed by atoms with E-state index in [0.717, 1.165) is 99.3 Å². The van der Waals surface area contributed by atoms with E-state index in [9.17, 15) is 0 Å². The first-order valence-corrected chi connectivity index (χ1v) is 16.8. The number of para-hydroxylation sites is 1. The molecule has 4 heteroatoms. The summed E-state index contributed by atoms with van der Waals surface area (Å²) < 4.78 is 0. The normalized spacial score (nSPS) is 11.6. The summed E-state index contributed by atoms with van der Waals surface area (Å²) in [4.78, 5) is 20.4. The number of nitrogens with zero attached hydrogens (tertiary/aromatic N) is 4. The molecule has 0 bridgehead atoms. The quantitative estimate of drug-likeness (QED) is 0.180. The summed E-state index contributed by atoms with van der Waals surface area (Å²) in [6, 6.07) is 57.3. The van der Waals surface area contributed by atoms with Crippen molar-refractivity contribution in [1.29, 1.82) is 0 Å². The Hall–Kier alpha value is -6.78. The molecule has 4 aromatic heterocycles. The molecule has 10 aromatic rings. The van der Waals surface area contributed by atoms with Gasteiger partial charge in [-0.1, -0.05) is 127 Å². The van der Waals surface area contributed by atoms with Crippen LogP contribution in [0.3, 0.4) is 0 Å². The van der Waals surface area contributed by atoms with E-state index < -0.39 is 0 Å². The van der Waals surface area contributed by atoms with Crippen LogP contribution < -0.4 is 0 Å². The lowest BCUT2D eigenvalue weighted by Gasteiger charge is -2.14. The molecule has 4 heterocycles. The van der Waals surface area contributed by atoms with Crippen molar-refractivity contribution in [1.82, 2.24) is 19.9 Å². The second kappa shape index (κ2) is 11.4. The van der Waals surface area contributed by atoms with Gasteiger partial charge in [0.05, 0.1) is 39.1 Å². The summed E-state index contributed by atoms with van der Waals surface area (Å²) >= 11 is 0. The molecule has 0 aliphatic rings. The molecule has 0 atom stereocenters. The van der Waals surface area contributed by atoms with E-state index in [1.165, 1.54) is 0 Å². The van der Waals surface area contributed by atoms with Crippen molar-refractivity contribution in [3.8, 4) is 44.9 Å². The molecule has 0 spiro atoms. The van der Waals surface area contributed by atoms with E-state index in [4.69, 9.17) is 15.0 Å². The third kappa shape index (κ3) is 4.69. The number of rotatable bonds is 4. The molecular formula is C46H28N4. The Labute approximate surface area is 288 Å². The standard InChI is InChI=1S/C46H28N4/c1-2-9-29(10-3-1)39-24-21-31-20-23-38-37-16-4-5-17-41(37)50-44(42(38)43(31)48-39)36-14-7-12-34(28-36)33-11-6-13-35(27-33)40-25-22-32-19-18-30-15-8-26-47-45(30)46(32)49-40/h1-28H. The Balaban J connectivity index is 1.14. The highest BCUT2D eigenvalue weighted by Crippen LogP contribution is 2.39. The second-order valence-electron chi connectivity index (χ2n) is 12.7. The number of benzene rings is 6. The minimum atomic E-state index is 0.915. The van der Waals surface area contributed by atoms with Gasteiger partial charge in [-0.25, -0.2) is 15.0 Å². The smallest absolute Gasteiger partial charge is 0.0972 e. The molecule has 0 aliphatic heterocycles. The number of hydrogen-bond acceptors (Lipinski definition) is 4. The van der Waals surface area contributed by atoms with Gasteiger partial charge in [0.15, 0.2) is 0 Å². The molecule has 0 aliphatic carbocycles. The van der Waals surface area contributed by atoms with Crippen LogP contribution in [0.5, 0.6) is 0 Å². The van der Waals surface area contributed by atoms with E-state index >= 15 is 0 Å². The van der Waals surface area contributed by atoms with Crippen LogP contribution in [-0.4, -0.2) is 19.9 Å². The molecule has 50 heavy (non-hydrogen) atoms. The lowest BCUT2D eigenvalue weighted by Crippen LogP contribution is -1.94. The van der Waals surface area contributed by atoms with Crippen LogP contribution >= 0.6 is 0 Å². The molecule has 4 nitrogen and oxygen atoms in total. The zero-order chi connectivity index (χ0) is 33.0. The van der Waals surface area contributed by atoms with Gasteiger partial charge in [0, 0.05) is 49.8 Å². The van der Waals surface area contributed by atoms with Crippen LogP contribution in [-0.2, 0) is 0 Å². The molecule has 0 fully saturated rings. The fourth-order valence-electron chi connectivity index (χ4n) is 7.20. The first kappa shape index (κ1) is 28.3. The fourth-order valence-corrected chi connectivity index (χ4v) is 7.20. The third-order valence-corrected chi connectivity index (χ3v) is 9.65. The second-order valence-corrected chi connectivity index (χ2v) is 12.7. The predicted molar refractivity (Wildman–Crippen MR) is 207 cm³/mol. The Morgan fingerprint density at radius 2 is 0.940 bits per heavy atom. The molecule has 0 unspecified atom stereocenters. The van der Waals surface area contributed by atoms with Crippen molar-refractivity contribution in [2.75, 3.05) is 0 Å². The van der Waals surface area contributed by atoms with Crippen LogP contribution in [0.25, 0.3) is 99.3 Å². The molecule has 0 N–H and O–H groups in total. The van der Waals surface area contributed by atoms with E-state index in [2.05, 4.69) is 157 Å². The van der Waals surface area contributed by atoms with Crippen molar-refractivity contribution in [2.24, 2.45) is 0 Å².